The van der Waals surface area contributed by atoms with E-state index < -0.39 is 0 Å². The summed E-state index contributed by atoms with van der Waals surface area (Å²) in [6.07, 6.45) is 0. The van der Waals surface area contributed by atoms with Crippen molar-refractivity contribution in [3.8, 4) is 5.75 Å². The van der Waals surface area contributed by atoms with Gasteiger partial charge in [0.2, 0.25) is 0 Å². The lowest BCUT2D eigenvalue weighted by atomic mass is 10.1. The quantitative estimate of drug-likeness (QED) is 0.753. The number of nitrogens with one attached hydrogen (secondary N) is 1. The van der Waals surface area contributed by atoms with Crippen molar-refractivity contribution in [3.05, 3.63) is 54.1 Å². The van der Waals surface area contributed by atoms with Crippen molar-refractivity contribution in [2.75, 3.05) is 7.11 Å². The zero-order chi connectivity index (χ0) is 14.8. The highest BCUT2D eigenvalue weighted by Gasteiger charge is 2.14. The van der Waals surface area contributed by atoms with E-state index in [4.69, 9.17) is 10.5 Å². The summed E-state index contributed by atoms with van der Waals surface area (Å²) in [6, 6.07) is 16.4. The van der Waals surface area contributed by atoms with Gasteiger partial charge in [-0.3, -0.25) is 0 Å². The number of para-hydroxylation sites is 1. The first-order valence-electron chi connectivity index (χ1n) is 6.87. The molecule has 4 heteroatoms. The Bertz CT molecular complexity index is 731. The van der Waals surface area contributed by atoms with Crippen LogP contribution in [0.25, 0.3) is 10.9 Å². The predicted octanol–water partition coefficient (Wildman–Crippen LogP) is 4.35. The smallest absolute Gasteiger partial charge is 0.124 e. The maximum Gasteiger partial charge on any atom is 0.124 e. The van der Waals surface area contributed by atoms with Gasteiger partial charge in [-0.2, -0.15) is 0 Å². The number of nitrogens with two attached hydrogens (primary N) is 1. The van der Waals surface area contributed by atoms with E-state index in [-0.39, 0.29) is 6.04 Å². The van der Waals surface area contributed by atoms with E-state index in [1.807, 2.05) is 31.2 Å². The van der Waals surface area contributed by atoms with Crippen LogP contribution in [0.1, 0.15) is 18.5 Å². The average molecular weight is 298 g/mol. The van der Waals surface area contributed by atoms with Gasteiger partial charge in [-0.1, -0.05) is 36.0 Å². The molecule has 1 aromatic heterocycles. The molecule has 3 rings (SSSR count). The standard InChI is InChI=1S/C17H18N2OS/c1-11(18)17-14(20-2)8-5-9-15(17)21-16-10-12-6-3-4-7-13(12)19-16/h3-11,19H,18H2,1-2H3/t11-/m1/s1. The van der Waals surface area contributed by atoms with E-state index in [2.05, 4.69) is 29.2 Å². The number of hydrogen-bond donors (Lipinski definition) is 2. The Kier molecular flexibility index (Phi) is 3.90. The van der Waals surface area contributed by atoms with Crippen molar-refractivity contribution in [1.29, 1.82) is 0 Å². The third-order valence-corrected chi connectivity index (χ3v) is 4.44. The summed E-state index contributed by atoms with van der Waals surface area (Å²) in [5, 5.41) is 2.32. The molecule has 21 heavy (non-hydrogen) atoms. The molecule has 0 bridgehead atoms. The molecule has 0 aliphatic heterocycles. The Morgan fingerprint density at radius 1 is 1.14 bits per heavy atom. The number of methoxy groups -OCH3 is 1. The van der Waals surface area contributed by atoms with Crippen LogP contribution in [0.2, 0.25) is 0 Å². The fraction of sp³-hybridized carbons (Fsp3) is 0.176. The summed E-state index contributed by atoms with van der Waals surface area (Å²) in [7, 11) is 1.68. The zero-order valence-corrected chi connectivity index (χ0v) is 12.9. The van der Waals surface area contributed by atoms with Crippen molar-refractivity contribution in [1.82, 2.24) is 4.98 Å². The number of aromatic nitrogens is 1. The second-order valence-corrected chi connectivity index (χ2v) is 6.07. The minimum atomic E-state index is -0.0759. The van der Waals surface area contributed by atoms with Crippen LogP contribution in [0.4, 0.5) is 0 Å². The largest absolute Gasteiger partial charge is 0.496 e. The van der Waals surface area contributed by atoms with Gasteiger partial charge in [0, 0.05) is 27.4 Å². The fourth-order valence-electron chi connectivity index (χ4n) is 2.46. The maximum absolute atomic E-state index is 6.12. The molecule has 0 aliphatic rings. The lowest BCUT2D eigenvalue weighted by Gasteiger charge is -2.15. The number of benzene rings is 2. The van der Waals surface area contributed by atoms with Crippen LogP contribution in [-0.2, 0) is 0 Å². The van der Waals surface area contributed by atoms with E-state index in [0.717, 1.165) is 26.8 Å². The third kappa shape index (κ3) is 2.77. The van der Waals surface area contributed by atoms with Gasteiger partial charge in [0.1, 0.15) is 5.75 Å². The van der Waals surface area contributed by atoms with Gasteiger partial charge in [0.25, 0.3) is 0 Å². The molecule has 0 fully saturated rings. The fourth-order valence-corrected chi connectivity index (χ4v) is 3.59. The van der Waals surface area contributed by atoms with Crippen molar-refractivity contribution >= 4 is 22.7 Å². The molecule has 2 aromatic carbocycles. The van der Waals surface area contributed by atoms with Crippen LogP contribution in [-0.4, -0.2) is 12.1 Å². The molecule has 0 amide bonds. The molecule has 1 atom stereocenters. The number of ether oxygens (including phenoxy) is 1. The first kappa shape index (κ1) is 14.0. The van der Waals surface area contributed by atoms with Gasteiger partial charge in [0.05, 0.1) is 12.1 Å². The highest BCUT2D eigenvalue weighted by molar-refractivity contribution is 7.99. The molecule has 0 spiro atoms. The van der Waals surface area contributed by atoms with E-state index >= 15 is 0 Å². The summed E-state index contributed by atoms with van der Waals surface area (Å²) in [4.78, 5) is 4.55. The van der Waals surface area contributed by atoms with Gasteiger partial charge in [-0.15, -0.1) is 0 Å². The molecule has 0 saturated carbocycles. The SMILES string of the molecule is COc1cccc(Sc2cc3ccccc3[nH]2)c1[C@@H](C)N. The minimum absolute atomic E-state index is 0.0759. The van der Waals surface area contributed by atoms with Crippen LogP contribution >= 0.6 is 11.8 Å². The summed E-state index contributed by atoms with van der Waals surface area (Å²) < 4.78 is 5.44. The van der Waals surface area contributed by atoms with E-state index in [0.29, 0.717) is 0 Å². The van der Waals surface area contributed by atoms with Gasteiger partial charge in [-0.05, 0) is 31.2 Å². The van der Waals surface area contributed by atoms with Crippen LogP contribution in [0, 0.1) is 0 Å². The predicted molar refractivity (Wildman–Crippen MR) is 88.0 cm³/mol. The Labute approximate surface area is 128 Å². The molecule has 0 saturated heterocycles. The lowest BCUT2D eigenvalue weighted by molar-refractivity contribution is 0.405. The van der Waals surface area contributed by atoms with Gasteiger partial charge in [-0.25, -0.2) is 0 Å². The highest BCUT2D eigenvalue weighted by atomic mass is 32.2. The van der Waals surface area contributed by atoms with Crippen molar-refractivity contribution in [2.45, 2.75) is 22.9 Å². The van der Waals surface area contributed by atoms with E-state index in [1.54, 1.807) is 18.9 Å². The van der Waals surface area contributed by atoms with E-state index in [1.165, 1.54) is 5.39 Å². The Balaban J connectivity index is 2.01. The van der Waals surface area contributed by atoms with Gasteiger partial charge in [0.15, 0.2) is 0 Å². The summed E-state index contributed by atoms with van der Waals surface area (Å²) >= 11 is 1.68. The number of fused-ring (bicyclic) bond motifs is 1. The van der Waals surface area contributed by atoms with Gasteiger partial charge < -0.3 is 15.5 Å². The maximum atomic E-state index is 6.12. The molecule has 3 N–H and O–H groups in total. The zero-order valence-electron chi connectivity index (χ0n) is 12.1. The second-order valence-electron chi connectivity index (χ2n) is 4.98. The van der Waals surface area contributed by atoms with Crippen molar-refractivity contribution in [2.24, 2.45) is 5.73 Å². The molecule has 0 aliphatic carbocycles. The van der Waals surface area contributed by atoms with Gasteiger partial charge >= 0.3 is 0 Å². The van der Waals surface area contributed by atoms with E-state index in [9.17, 15) is 0 Å². The Morgan fingerprint density at radius 2 is 1.95 bits per heavy atom. The number of rotatable bonds is 4. The average Bonchev–Trinajstić information content (AvgIpc) is 2.88. The summed E-state index contributed by atoms with van der Waals surface area (Å²) in [5.41, 5.74) is 8.30. The number of H-pyrrole nitrogens is 1. The van der Waals surface area contributed by atoms with Crippen molar-refractivity contribution in [3.63, 3.8) is 0 Å². The normalized spacial score (nSPS) is 12.5. The van der Waals surface area contributed by atoms with Crippen LogP contribution in [0.5, 0.6) is 5.75 Å². The second kappa shape index (κ2) is 5.84. The summed E-state index contributed by atoms with van der Waals surface area (Å²) in [5.74, 6) is 0.839. The minimum Gasteiger partial charge on any atom is -0.496 e. The van der Waals surface area contributed by atoms with Crippen molar-refractivity contribution < 1.29 is 4.74 Å². The molecule has 108 valence electrons. The lowest BCUT2D eigenvalue weighted by Crippen LogP contribution is -2.08. The topological polar surface area (TPSA) is 51.0 Å². The number of hydrogen-bond acceptors (Lipinski definition) is 3. The molecule has 0 unspecified atom stereocenters. The van der Waals surface area contributed by atoms with Crippen LogP contribution < -0.4 is 10.5 Å². The molecule has 0 radical (unpaired) electrons. The Hall–Kier alpha value is -1.91. The van der Waals surface area contributed by atoms with Crippen LogP contribution in [0.15, 0.2) is 58.5 Å². The first-order chi connectivity index (χ1) is 10.2. The first-order valence-corrected chi connectivity index (χ1v) is 7.69. The van der Waals surface area contributed by atoms with Crippen LogP contribution in [0.3, 0.4) is 0 Å². The summed E-state index contributed by atoms with van der Waals surface area (Å²) in [6.45, 7) is 1.98. The monoisotopic (exact) mass is 298 g/mol. The third-order valence-electron chi connectivity index (χ3n) is 3.43. The highest BCUT2D eigenvalue weighted by Crippen LogP contribution is 2.38. The molecular weight excluding hydrogens is 280 g/mol. The Morgan fingerprint density at radius 3 is 2.67 bits per heavy atom. The molecule has 3 aromatic rings. The molecule has 1 heterocycles. The number of aromatic amines is 1. The molecule has 3 nitrogen and oxygen atoms in total. The molecular formula is C17H18N2OS.